The molecule has 1 saturated heterocycles. The summed E-state index contributed by atoms with van der Waals surface area (Å²) in [6, 6.07) is -0.129. The van der Waals surface area contributed by atoms with Gasteiger partial charge in [-0.1, -0.05) is 20.8 Å². The van der Waals surface area contributed by atoms with Gasteiger partial charge in [-0.05, 0) is 58.5 Å². The van der Waals surface area contributed by atoms with Crippen molar-refractivity contribution in [3.63, 3.8) is 0 Å². The van der Waals surface area contributed by atoms with E-state index < -0.39 is 17.3 Å². The minimum absolute atomic E-state index is 0.129. The van der Waals surface area contributed by atoms with Crippen molar-refractivity contribution in [3.8, 4) is 0 Å². The summed E-state index contributed by atoms with van der Waals surface area (Å²) in [6.45, 7) is 13.4. The Kier molecular flexibility index (Phi) is 5.67. The monoisotopic (exact) mass is 300 g/mol. The van der Waals surface area contributed by atoms with Crippen LogP contribution < -0.4 is 10.6 Å². The Balaban J connectivity index is 2.70. The topological polar surface area (TPSA) is 70.6 Å². The lowest BCUT2D eigenvalue weighted by molar-refractivity contribution is -0.0198. The molecule has 1 unspecified atom stereocenters. The highest BCUT2D eigenvalue weighted by Crippen LogP contribution is 2.31. The van der Waals surface area contributed by atoms with Crippen LogP contribution in [0, 0.1) is 5.41 Å². The van der Waals surface area contributed by atoms with Crippen LogP contribution in [0.3, 0.4) is 0 Å². The number of hydrogen-bond donors (Lipinski definition) is 3. The molecule has 0 aromatic heterocycles. The van der Waals surface area contributed by atoms with Crippen LogP contribution >= 0.6 is 0 Å². The maximum Gasteiger partial charge on any atom is 0.407 e. The normalized spacial score (nSPS) is 20.7. The van der Waals surface area contributed by atoms with Gasteiger partial charge in [0.15, 0.2) is 0 Å². The number of carbonyl (C=O) groups excluding carboxylic acids is 1. The maximum absolute atomic E-state index is 12.0. The van der Waals surface area contributed by atoms with Gasteiger partial charge in [-0.3, -0.25) is 0 Å². The van der Waals surface area contributed by atoms with E-state index in [1.807, 2.05) is 20.8 Å². The molecule has 0 aliphatic carbocycles. The van der Waals surface area contributed by atoms with Crippen LogP contribution in [0.4, 0.5) is 4.79 Å². The number of aliphatic hydroxyl groups is 1. The fraction of sp³-hybridized carbons (Fsp3) is 0.938. The molecular formula is C16H32N2O3. The molecule has 0 aromatic carbocycles. The van der Waals surface area contributed by atoms with E-state index in [2.05, 4.69) is 31.4 Å². The van der Waals surface area contributed by atoms with Crippen LogP contribution in [0.2, 0.25) is 0 Å². The van der Waals surface area contributed by atoms with E-state index in [1.54, 1.807) is 0 Å². The van der Waals surface area contributed by atoms with Crippen LogP contribution in [-0.4, -0.2) is 41.5 Å². The van der Waals surface area contributed by atoms with Crippen molar-refractivity contribution >= 4 is 6.09 Å². The number of carbonyl (C=O) groups is 1. The summed E-state index contributed by atoms with van der Waals surface area (Å²) in [5.74, 6) is 0. The zero-order chi connectivity index (χ0) is 16.3. The molecule has 3 N–H and O–H groups in total. The first kappa shape index (κ1) is 18.2. The third-order valence-corrected chi connectivity index (χ3v) is 3.85. The molecule has 1 fully saturated rings. The summed E-state index contributed by atoms with van der Waals surface area (Å²) in [5, 5.41) is 16.9. The molecule has 1 rings (SSSR count). The number of nitrogens with one attached hydrogen (secondary N) is 2. The van der Waals surface area contributed by atoms with Gasteiger partial charge in [0.1, 0.15) is 5.60 Å². The first-order valence-corrected chi connectivity index (χ1v) is 7.84. The number of alkyl carbamates (subject to hydrolysis) is 1. The molecule has 0 radical (unpaired) electrons. The lowest BCUT2D eigenvalue weighted by atomic mass is 9.77. The second-order valence-electron chi connectivity index (χ2n) is 8.24. The molecule has 1 aliphatic rings. The van der Waals surface area contributed by atoms with Crippen LogP contribution in [-0.2, 0) is 4.74 Å². The lowest BCUT2D eigenvalue weighted by Gasteiger charge is -2.40. The molecule has 0 spiro atoms. The fourth-order valence-corrected chi connectivity index (χ4v) is 2.50. The van der Waals surface area contributed by atoms with E-state index in [9.17, 15) is 9.90 Å². The molecule has 1 heterocycles. The highest BCUT2D eigenvalue weighted by molar-refractivity contribution is 5.68. The Morgan fingerprint density at radius 1 is 1.24 bits per heavy atom. The molecule has 0 saturated carbocycles. The van der Waals surface area contributed by atoms with Gasteiger partial charge >= 0.3 is 6.09 Å². The van der Waals surface area contributed by atoms with E-state index in [0.29, 0.717) is 6.42 Å². The zero-order valence-corrected chi connectivity index (χ0v) is 14.4. The van der Waals surface area contributed by atoms with Gasteiger partial charge in [-0.25, -0.2) is 4.79 Å². The summed E-state index contributed by atoms with van der Waals surface area (Å²) in [5.41, 5.74) is -1.37. The summed E-state index contributed by atoms with van der Waals surface area (Å²) >= 11 is 0. The Morgan fingerprint density at radius 2 is 1.76 bits per heavy atom. The van der Waals surface area contributed by atoms with Crippen molar-refractivity contribution in [3.05, 3.63) is 0 Å². The predicted octanol–water partition coefficient (Wildman–Crippen LogP) is 2.43. The SMILES string of the molecule is CC(C)(C)OC(=O)NC(CC1(O)CCNCC1)C(C)(C)C. The number of hydrogen-bond acceptors (Lipinski definition) is 4. The number of ether oxygens (including phenoxy) is 1. The summed E-state index contributed by atoms with van der Waals surface area (Å²) in [6.07, 6.45) is 1.57. The average Bonchev–Trinajstić information content (AvgIpc) is 2.24. The van der Waals surface area contributed by atoms with E-state index >= 15 is 0 Å². The highest BCUT2D eigenvalue weighted by atomic mass is 16.6. The van der Waals surface area contributed by atoms with Gasteiger partial charge in [0.05, 0.1) is 5.60 Å². The van der Waals surface area contributed by atoms with Crippen molar-refractivity contribution < 1.29 is 14.6 Å². The molecule has 1 atom stereocenters. The summed E-state index contributed by atoms with van der Waals surface area (Å²) in [4.78, 5) is 12.0. The number of amides is 1. The first-order valence-electron chi connectivity index (χ1n) is 7.84. The van der Waals surface area contributed by atoms with Gasteiger partial charge in [-0.2, -0.15) is 0 Å². The second kappa shape index (κ2) is 6.53. The molecule has 124 valence electrons. The van der Waals surface area contributed by atoms with Crippen molar-refractivity contribution in [2.75, 3.05) is 13.1 Å². The molecule has 5 nitrogen and oxygen atoms in total. The van der Waals surface area contributed by atoms with Crippen molar-refractivity contribution in [2.24, 2.45) is 5.41 Å². The van der Waals surface area contributed by atoms with E-state index in [0.717, 1.165) is 25.9 Å². The molecule has 0 bridgehead atoms. The summed E-state index contributed by atoms with van der Waals surface area (Å²) in [7, 11) is 0. The second-order valence-corrected chi connectivity index (χ2v) is 8.24. The van der Waals surface area contributed by atoms with Gasteiger partial charge in [0.2, 0.25) is 0 Å². The molecule has 0 aromatic rings. The van der Waals surface area contributed by atoms with Gasteiger partial charge < -0.3 is 20.5 Å². The standard InChI is InChI=1S/C16H32N2O3/c1-14(2,3)12(18-13(19)21-15(4,5)6)11-16(20)7-9-17-10-8-16/h12,17,20H,7-11H2,1-6H3,(H,18,19). The molecule has 1 amide bonds. The predicted molar refractivity (Wildman–Crippen MR) is 84.3 cm³/mol. The Bertz CT molecular complexity index is 350. The zero-order valence-electron chi connectivity index (χ0n) is 14.4. The number of rotatable bonds is 3. The van der Waals surface area contributed by atoms with Gasteiger partial charge in [-0.15, -0.1) is 0 Å². The summed E-state index contributed by atoms with van der Waals surface area (Å²) < 4.78 is 5.34. The van der Waals surface area contributed by atoms with Crippen LogP contribution in [0.15, 0.2) is 0 Å². The van der Waals surface area contributed by atoms with E-state index in [4.69, 9.17) is 4.74 Å². The van der Waals surface area contributed by atoms with Gasteiger partial charge in [0.25, 0.3) is 0 Å². The van der Waals surface area contributed by atoms with Crippen LogP contribution in [0.1, 0.15) is 60.8 Å². The van der Waals surface area contributed by atoms with Crippen LogP contribution in [0.25, 0.3) is 0 Å². The third-order valence-electron chi connectivity index (χ3n) is 3.85. The molecule has 5 heteroatoms. The van der Waals surface area contributed by atoms with Crippen molar-refractivity contribution in [1.82, 2.24) is 10.6 Å². The quantitative estimate of drug-likeness (QED) is 0.748. The molecule has 1 aliphatic heterocycles. The van der Waals surface area contributed by atoms with Crippen LogP contribution in [0.5, 0.6) is 0 Å². The number of piperidine rings is 1. The maximum atomic E-state index is 12.0. The van der Waals surface area contributed by atoms with E-state index in [1.165, 1.54) is 0 Å². The minimum atomic E-state index is -0.710. The largest absolute Gasteiger partial charge is 0.444 e. The van der Waals surface area contributed by atoms with E-state index in [-0.39, 0.29) is 11.5 Å². The van der Waals surface area contributed by atoms with Crippen molar-refractivity contribution in [2.45, 2.75) is 78.0 Å². The Hall–Kier alpha value is -0.810. The smallest absolute Gasteiger partial charge is 0.407 e. The highest BCUT2D eigenvalue weighted by Gasteiger charge is 2.37. The average molecular weight is 300 g/mol. The fourth-order valence-electron chi connectivity index (χ4n) is 2.50. The van der Waals surface area contributed by atoms with Crippen molar-refractivity contribution in [1.29, 1.82) is 0 Å². The molecular weight excluding hydrogens is 268 g/mol. The molecule has 21 heavy (non-hydrogen) atoms. The van der Waals surface area contributed by atoms with Gasteiger partial charge in [0, 0.05) is 6.04 Å². The lowest BCUT2D eigenvalue weighted by Crippen LogP contribution is -2.52. The first-order chi connectivity index (χ1) is 9.41. The third kappa shape index (κ3) is 6.66. The Morgan fingerprint density at radius 3 is 2.19 bits per heavy atom. The minimum Gasteiger partial charge on any atom is -0.444 e. The Labute approximate surface area is 128 Å².